The Morgan fingerprint density at radius 2 is 2.05 bits per heavy atom. The van der Waals surface area contributed by atoms with E-state index in [1.165, 1.54) is 0 Å². The molecule has 1 saturated heterocycles. The van der Waals surface area contributed by atoms with E-state index in [2.05, 4.69) is 4.74 Å². The molecular weight excluding hydrogens is 303 g/mol. The average molecular weight is 319 g/mol. The number of nitrogens with zero attached hydrogens (tertiary/aromatic N) is 1. The minimum Gasteiger partial charge on any atom is -0.481 e. The highest BCUT2D eigenvalue weighted by Gasteiger charge is 2.32. The van der Waals surface area contributed by atoms with Crippen LogP contribution < -0.4 is 0 Å². The Bertz CT molecular complexity index is 437. The van der Waals surface area contributed by atoms with E-state index >= 15 is 0 Å². The molecule has 0 radical (unpaired) electrons. The molecule has 1 N–H and O–H groups in total. The van der Waals surface area contributed by atoms with Crippen LogP contribution >= 0.6 is 0 Å². The van der Waals surface area contributed by atoms with E-state index in [0.29, 0.717) is 12.8 Å². The number of piperidine rings is 1. The summed E-state index contributed by atoms with van der Waals surface area (Å²) in [5, 5.41) is 8.85. The molecular formula is C10H16F3NO5S. The zero-order valence-corrected chi connectivity index (χ0v) is 11.4. The Balaban J connectivity index is 2.45. The van der Waals surface area contributed by atoms with Gasteiger partial charge in [0.1, 0.15) is 6.61 Å². The van der Waals surface area contributed by atoms with Crippen LogP contribution in [0, 0.1) is 5.92 Å². The highest BCUT2D eigenvalue weighted by Crippen LogP contribution is 2.20. The van der Waals surface area contributed by atoms with Crippen LogP contribution in [0.3, 0.4) is 0 Å². The highest BCUT2D eigenvalue weighted by atomic mass is 32.2. The minimum atomic E-state index is -4.50. The van der Waals surface area contributed by atoms with Crippen LogP contribution in [0.5, 0.6) is 0 Å². The van der Waals surface area contributed by atoms with E-state index in [4.69, 9.17) is 5.11 Å². The molecule has 0 aromatic heterocycles. The van der Waals surface area contributed by atoms with Gasteiger partial charge in [-0.2, -0.15) is 13.2 Å². The third-order valence-electron chi connectivity index (χ3n) is 2.88. The lowest BCUT2D eigenvalue weighted by atomic mass is 10.0. The van der Waals surface area contributed by atoms with Crippen LogP contribution in [0.25, 0.3) is 0 Å². The number of halogens is 3. The van der Waals surface area contributed by atoms with Crippen molar-refractivity contribution in [2.75, 3.05) is 32.1 Å². The second kappa shape index (κ2) is 6.72. The van der Waals surface area contributed by atoms with Gasteiger partial charge in [0.25, 0.3) is 0 Å². The summed E-state index contributed by atoms with van der Waals surface area (Å²) in [5.41, 5.74) is 0. The van der Waals surface area contributed by atoms with Crippen molar-refractivity contribution in [2.24, 2.45) is 5.92 Å². The largest absolute Gasteiger partial charge is 0.481 e. The summed E-state index contributed by atoms with van der Waals surface area (Å²) in [6.07, 6.45) is -3.69. The summed E-state index contributed by atoms with van der Waals surface area (Å²) in [6.45, 7) is -2.03. The van der Waals surface area contributed by atoms with Crippen LogP contribution in [-0.4, -0.2) is 62.0 Å². The lowest BCUT2D eigenvalue weighted by molar-refractivity contribution is -0.172. The molecule has 1 rings (SSSR count). The molecule has 1 unspecified atom stereocenters. The van der Waals surface area contributed by atoms with E-state index in [0.717, 1.165) is 4.31 Å². The van der Waals surface area contributed by atoms with Crippen molar-refractivity contribution in [2.45, 2.75) is 19.0 Å². The van der Waals surface area contributed by atoms with E-state index in [9.17, 15) is 26.4 Å². The van der Waals surface area contributed by atoms with E-state index in [1.807, 2.05) is 0 Å². The quantitative estimate of drug-likeness (QED) is 0.728. The number of rotatable bonds is 6. The summed E-state index contributed by atoms with van der Waals surface area (Å²) >= 11 is 0. The second-order valence-electron chi connectivity index (χ2n) is 4.52. The van der Waals surface area contributed by atoms with Crippen LogP contribution in [0.4, 0.5) is 13.2 Å². The van der Waals surface area contributed by atoms with Crippen molar-refractivity contribution >= 4 is 16.0 Å². The smallest absolute Gasteiger partial charge is 0.411 e. The number of aliphatic carboxylic acids is 1. The first-order valence-electron chi connectivity index (χ1n) is 5.97. The molecule has 0 saturated carbocycles. The van der Waals surface area contributed by atoms with E-state index < -0.39 is 47.1 Å². The maximum atomic E-state index is 11.9. The van der Waals surface area contributed by atoms with Gasteiger partial charge in [0.05, 0.1) is 18.3 Å². The first kappa shape index (κ1) is 17.2. The molecule has 0 aromatic carbocycles. The molecule has 0 bridgehead atoms. The number of alkyl halides is 3. The number of carboxylic acids is 1. The van der Waals surface area contributed by atoms with Gasteiger partial charge in [-0.3, -0.25) is 4.79 Å². The predicted octanol–water partition coefficient (Wildman–Crippen LogP) is 0.692. The van der Waals surface area contributed by atoms with E-state index in [-0.39, 0.29) is 13.1 Å². The third-order valence-corrected chi connectivity index (χ3v) is 4.68. The van der Waals surface area contributed by atoms with Crippen molar-refractivity contribution in [3.8, 4) is 0 Å². The molecule has 1 aliphatic rings. The maximum Gasteiger partial charge on any atom is 0.411 e. The SMILES string of the molecule is O=C(O)C1CCCN(S(=O)(=O)CCOCC(F)(F)F)C1. The number of hydrogen-bond acceptors (Lipinski definition) is 4. The van der Waals surface area contributed by atoms with Gasteiger partial charge < -0.3 is 9.84 Å². The zero-order valence-electron chi connectivity index (χ0n) is 10.6. The maximum absolute atomic E-state index is 11.9. The molecule has 0 aromatic rings. The molecule has 1 heterocycles. The van der Waals surface area contributed by atoms with Gasteiger partial charge in [-0.05, 0) is 12.8 Å². The fraction of sp³-hybridized carbons (Fsp3) is 0.900. The molecule has 1 fully saturated rings. The molecule has 0 amide bonds. The highest BCUT2D eigenvalue weighted by molar-refractivity contribution is 7.89. The van der Waals surface area contributed by atoms with Crippen molar-refractivity contribution < 1.29 is 36.2 Å². The topological polar surface area (TPSA) is 83.9 Å². The molecule has 20 heavy (non-hydrogen) atoms. The van der Waals surface area contributed by atoms with Crippen LogP contribution in [0.15, 0.2) is 0 Å². The van der Waals surface area contributed by atoms with Crippen molar-refractivity contribution in [3.05, 3.63) is 0 Å². The van der Waals surface area contributed by atoms with Gasteiger partial charge in [0.2, 0.25) is 10.0 Å². The van der Waals surface area contributed by atoms with Gasteiger partial charge >= 0.3 is 12.1 Å². The minimum absolute atomic E-state index is 0.142. The summed E-state index contributed by atoms with van der Waals surface area (Å²) in [7, 11) is -3.79. The number of carboxylic acid groups (broad SMARTS) is 1. The Morgan fingerprint density at radius 1 is 1.40 bits per heavy atom. The number of hydrogen-bond donors (Lipinski definition) is 1. The van der Waals surface area contributed by atoms with Gasteiger partial charge in [-0.15, -0.1) is 0 Å². The summed E-state index contributed by atoms with van der Waals surface area (Å²) in [6, 6.07) is 0. The molecule has 10 heteroatoms. The molecule has 1 atom stereocenters. The predicted molar refractivity (Wildman–Crippen MR) is 62.6 cm³/mol. The van der Waals surface area contributed by atoms with Crippen LogP contribution in [0.1, 0.15) is 12.8 Å². The Kier molecular flexibility index (Phi) is 5.78. The Morgan fingerprint density at radius 3 is 2.60 bits per heavy atom. The normalized spacial score (nSPS) is 21.9. The van der Waals surface area contributed by atoms with Crippen molar-refractivity contribution in [1.82, 2.24) is 4.31 Å². The van der Waals surface area contributed by atoms with Crippen LogP contribution in [0.2, 0.25) is 0 Å². The lowest BCUT2D eigenvalue weighted by Crippen LogP contribution is -2.43. The summed E-state index contributed by atoms with van der Waals surface area (Å²) in [5.74, 6) is -2.43. The van der Waals surface area contributed by atoms with Gasteiger partial charge in [0, 0.05) is 13.1 Å². The van der Waals surface area contributed by atoms with Crippen molar-refractivity contribution in [3.63, 3.8) is 0 Å². The van der Waals surface area contributed by atoms with Gasteiger partial charge in [0.15, 0.2) is 0 Å². The van der Waals surface area contributed by atoms with Gasteiger partial charge in [-0.1, -0.05) is 0 Å². The van der Waals surface area contributed by atoms with Gasteiger partial charge in [-0.25, -0.2) is 12.7 Å². The molecule has 6 nitrogen and oxygen atoms in total. The molecule has 118 valence electrons. The monoisotopic (exact) mass is 319 g/mol. The first-order valence-corrected chi connectivity index (χ1v) is 7.58. The van der Waals surface area contributed by atoms with Crippen LogP contribution in [-0.2, 0) is 19.6 Å². The zero-order chi connectivity index (χ0) is 15.4. The Hall–Kier alpha value is -0.870. The number of ether oxygens (including phenoxy) is 1. The molecule has 0 spiro atoms. The fourth-order valence-electron chi connectivity index (χ4n) is 1.88. The lowest BCUT2D eigenvalue weighted by Gasteiger charge is -2.29. The summed E-state index contributed by atoms with van der Waals surface area (Å²) in [4.78, 5) is 10.8. The molecule has 1 aliphatic heterocycles. The average Bonchev–Trinajstić information content (AvgIpc) is 2.34. The standard InChI is InChI=1S/C10H16F3NO5S/c11-10(12,13)7-19-4-5-20(17,18)14-3-1-2-8(6-14)9(15)16/h8H,1-7H2,(H,15,16). The summed E-state index contributed by atoms with van der Waals surface area (Å²) < 4.78 is 64.4. The Labute approximate surface area is 114 Å². The number of sulfonamides is 1. The number of carbonyl (C=O) groups is 1. The second-order valence-corrected chi connectivity index (χ2v) is 6.61. The van der Waals surface area contributed by atoms with E-state index in [1.54, 1.807) is 0 Å². The van der Waals surface area contributed by atoms with Crippen molar-refractivity contribution in [1.29, 1.82) is 0 Å². The fourth-order valence-corrected chi connectivity index (χ4v) is 3.28. The third kappa shape index (κ3) is 5.63. The first-order chi connectivity index (χ1) is 9.12. The molecule has 0 aliphatic carbocycles.